The molecule has 23 heavy (non-hydrogen) atoms. The SMILES string of the molecule is COc1cc(C(=O)NCCc2ccns2)c([N+](=O)[O-])cc1OC. The quantitative estimate of drug-likeness (QED) is 0.612. The summed E-state index contributed by atoms with van der Waals surface area (Å²) in [5, 5.41) is 13.8. The van der Waals surface area contributed by atoms with E-state index in [1.165, 1.54) is 37.9 Å². The maximum absolute atomic E-state index is 12.2. The van der Waals surface area contributed by atoms with Crippen LogP contribution in [0.1, 0.15) is 15.2 Å². The molecule has 0 fully saturated rings. The molecule has 2 rings (SSSR count). The molecule has 1 aromatic carbocycles. The number of carbonyl (C=O) groups excluding carboxylic acids is 1. The van der Waals surface area contributed by atoms with Crippen LogP contribution >= 0.6 is 11.5 Å². The summed E-state index contributed by atoms with van der Waals surface area (Å²) in [5.41, 5.74) is -0.408. The molecule has 2 aromatic rings. The summed E-state index contributed by atoms with van der Waals surface area (Å²) < 4.78 is 14.1. The van der Waals surface area contributed by atoms with Crippen molar-refractivity contribution in [3.63, 3.8) is 0 Å². The standard InChI is InChI=1S/C14H15N3O5S/c1-21-12-7-10(11(17(19)20)8-13(12)22-2)14(18)15-5-3-9-4-6-16-23-9/h4,6-8H,3,5H2,1-2H3,(H,15,18). The molecule has 0 saturated heterocycles. The van der Waals surface area contributed by atoms with E-state index in [9.17, 15) is 14.9 Å². The van der Waals surface area contributed by atoms with Crippen LogP contribution in [0.4, 0.5) is 5.69 Å². The van der Waals surface area contributed by atoms with Gasteiger partial charge in [-0.1, -0.05) is 0 Å². The van der Waals surface area contributed by atoms with Crippen LogP contribution in [0.5, 0.6) is 11.5 Å². The smallest absolute Gasteiger partial charge is 0.286 e. The monoisotopic (exact) mass is 337 g/mol. The van der Waals surface area contributed by atoms with Gasteiger partial charge in [0.25, 0.3) is 11.6 Å². The number of hydrogen-bond acceptors (Lipinski definition) is 7. The Bertz CT molecular complexity index is 703. The lowest BCUT2D eigenvalue weighted by molar-refractivity contribution is -0.385. The average Bonchev–Trinajstić information content (AvgIpc) is 3.06. The predicted molar refractivity (Wildman–Crippen MR) is 84.4 cm³/mol. The van der Waals surface area contributed by atoms with Crippen molar-refractivity contribution in [3.05, 3.63) is 45.0 Å². The number of benzene rings is 1. The van der Waals surface area contributed by atoms with Crippen LogP contribution in [-0.2, 0) is 6.42 Å². The van der Waals surface area contributed by atoms with Crippen molar-refractivity contribution in [2.24, 2.45) is 0 Å². The number of nitrogens with zero attached hydrogens (tertiary/aromatic N) is 2. The highest BCUT2D eigenvalue weighted by Gasteiger charge is 2.24. The Morgan fingerprint density at radius 1 is 1.35 bits per heavy atom. The van der Waals surface area contributed by atoms with Crippen LogP contribution in [0, 0.1) is 10.1 Å². The predicted octanol–water partition coefficient (Wildman–Crippen LogP) is 2.04. The molecule has 122 valence electrons. The molecule has 0 aliphatic carbocycles. The van der Waals surface area contributed by atoms with E-state index in [0.717, 1.165) is 4.88 Å². The number of nitro groups is 1. The molecule has 1 N–H and O–H groups in total. The molecular weight excluding hydrogens is 322 g/mol. The second-order valence-electron chi connectivity index (χ2n) is 4.47. The molecule has 0 atom stereocenters. The minimum Gasteiger partial charge on any atom is -0.493 e. The third kappa shape index (κ3) is 3.95. The van der Waals surface area contributed by atoms with Crippen molar-refractivity contribution in [2.75, 3.05) is 20.8 Å². The zero-order valence-electron chi connectivity index (χ0n) is 12.6. The zero-order valence-corrected chi connectivity index (χ0v) is 13.4. The van der Waals surface area contributed by atoms with Gasteiger partial charge in [0.05, 0.1) is 25.2 Å². The van der Waals surface area contributed by atoms with Crippen LogP contribution in [0.3, 0.4) is 0 Å². The Labute approximate surface area is 136 Å². The minimum absolute atomic E-state index is 0.0723. The normalized spacial score (nSPS) is 10.2. The van der Waals surface area contributed by atoms with Crippen LogP contribution < -0.4 is 14.8 Å². The number of rotatable bonds is 7. The van der Waals surface area contributed by atoms with Crippen molar-refractivity contribution in [3.8, 4) is 11.5 Å². The minimum atomic E-state index is -0.625. The summed E-state index contributed by atoms with van der Waals surface area (Å²) in [7, 11) is 2.77. The van der Waals surface area contributed by atoms with Gasteiger partial charge in [-0.05, 0) is 17.6 Å². The number of carbonyl (C=O) groups is 1. The first-order chi connectivity index (χ1) is 11.1. The van der Waals surface area contributed by atoms with Gasteiger partial charge in [0.2, 0.25) is 0 Å². The van der Waals surface area contributed by atoms with Gasteiger partial charge in [-0.25, -0.2) is 4.37 Å². The van der Waals surface area contributed by atoms with E-state index in [0.29, 0.717) is 13.0 Å². The molecule has 1 aromatic heterocycles. The highest BCUT2D eigenvalue weighted by atomic mass is 32.1. The second kappa shape index (κ2) is 7.54. The topological polar surface area (TPSA) is 104 Å². The summed E-state index contributed by atoms with van der Waals surface area (Å²) >= 11 is 1.34. The fourth-order valence-electron chi connectivity index (χ4n) is 1.97. The van der Waals surface area contributed by atoms with Gasteiger partial charge >= 0.3 is 0 Å². The first-order valence-electron chi connectivity index (χ1n) is 6.65. The molecule has 0 saturated carbocycles. The maximum Gasteiger partial charge on any atom is 0.286 e. The van der Waals surface area contributed by atoms with E-state index >= 15 is 0 Å². The highest BCUT2D eigenvalue weighted by Crippen LogP contribution is 2.34. The fourth-order valence-corrected chi connectivity index (χ4v) is 2.54. The lowest BCUT2D eigenvalue weighted by Gasteiger charge is -2.10. The number of ether oxygens (including phenoxy) is 2. The van der Waals surface area contributed by atoms with E-state index in [1.807, 2.05) is 6.07 Å². The summed E-state index contributed by atoms with van der Waals surface area (Å²) in [6.07, 6.45) is 2.29. The summed E-state index contributed by atoms with van der Waals surface area (Å²) in [4.78, 5) is 23.8. The van der Waals surface area contributed by atoms with Gasteiger partial charge in [-0.2, -0.15) is 0 Å². The van der Waals surface area contributed by atoms with Gasteiger partial charge in [0, 0.05) is 30.1 Å². The first-order valence-corrected chi connectivity index (χ1v) is 7.42. The summed E-state index contributed by atoms with van der Waals surface area (Å²) in [5.74, 6) is -0.0896. The molecule has 9 heteroatoms. The Morgan fingerprint density at radius 3 is 2.61 bits per heavy atom. The fraction of sp³-hybridized carbons (Fsp3) is 0.286. The summed E-state index contributed by atoms with van der Waals surface area (Å²) in [6.45, 7) is 0.354. The largest absolute Gasteiger partial charge is 0.493 e. The van der Waals surface area contributed by atoms with E-state index in [1.54, 1.807) is 6.20 Å². The molecule has 0 unspecified atom stereocenters. The van der Waals surface area contributed by atoms with E-state index < -0.39 is 10.8 Å². The number of methoxy groups -OCH3 is 2. The average molecular weight is 337 g/mol. The van der Waals surface area contributed by atoms with E-state index in [-0.39, 0.29) is 22.7 Å². The second-order valence-corrected chi connectivity index (χ2v) is 5.38. The van der Waals surface area contributed by atoms with Crippen LogP contribution in [-0.4, -0.2) is 36.0 Å². The number of nitro benzene ring substituents is 1. The molecule has 8 nitrogen and oxygen atoms in total. The van der Waals surface area contributed by atoms with Crippen LogP contribution in [0.25, 0.3) is 0 Å². The molecule has 0 aliphatic heterocycles. The molecule has 0 spiro atoms. The third-order valence-corrected chi connectivity index (χ3v) is 3.89. The maximum atomic E-state index is 12.2. The Kier molecular flexibility index (Phi) is 5.47. The highest BCUT2D eigenvalue weighted by molar-refractivity contribution is 7.05. The van der Waals surface area contributed by atoms with Gasteiger partial charge < -0.3 is 14.8 Å². The number of nitrogens with one attached hydrogen (secondary N) is 1. The molecule has 1 heterocycles. The number of aromatic nitrogens is 1. The van der Waals surface area contributed by atoms with Crippen molar-refractivity contribution in [2.45, 2.75) is 6.42 Å². The summed E-state index contributed by atoms with van der Waals surface area (Å²) in [6, 6.07) is 4.34. The molecule has 0 bridgehead atoms. The van der Waals surface area contributed by atoms with E-state index in [2.05, 4.69) is 9.69 Å². The molecule has 0 aliphatic rings. The Balaban J connectivity index is 2.18. The van der Waals surface area contributed by atoms with Gasteiger partial charge in [-0.15, -0.1) is 0 Å². The molecular formula is C14H15N3O5S. The lowest BCUT2D eigenvalue weighted by Crippen LogP contribution is -2.26. The Hall–Kier alpha value is -2.68. The zero-order chi connectivity index (χ0) is 16.8. The van der Waals surface area contributed by atoms with Crippen molar-refractivity contribution in [1.29, 1.82) is 0 Å². The Morgan fingerprint density at radius 2 is 2.04 bits per heavy atom. The number of hydrogen-bond donors (Lipinski definition) is 1. The lowest BCUT2D eigenvalue weighted by atomic mass is 10.1. The molecule has 1 amide bonds. The van der Waals surface area contributed by atoms with Crippen molar-refractivity contribution < 1.29 is 19.2 Å². The van der Waals surface area contributed by atoms with Gasteiger partial charge in [0.15, 0.2) is 11.5 Å². The molecule has 0 radical (unpaired) electrons. The van der Waals surface area contributed by atoms with Crippen molar-refractivity contribution >= 4 is 23.1 Å². The van der Waals surface area contributed by atoms with Gasteiger partial charge in [0.1, 0.15) is 5.56 Å². The van der Waals surface area contributed by atoms with E-state index in [4.69, 9.17) is 9.47 Å². The number of amides is 1. The van der Waals surface area contributed by atoms with Crippen molar-refractivity contribution in [1.82, 2.24) is 9.69 Å². The van der Waals surface area contributed by atoms with Crippen LogP contribution in [0.2, 0.25) is 0 Å². The van der Waals surface area contributed by atoms with Gasteiger partial charge in [-0.3, -0.25) is 14.9 Å². The third-order valence-electron chi connectivity index (χ3n) is 3.09. The van der Waals surface area contributed by atoms with Crippen LogP contribution in [0.15, 0.2) is 24.4 Å². The first kappa shape index (κ1) is 16.7.